The highest BCUT2D eigenvalue weighted by Gasteiger charge is 2.13. The standard InChI is InChI=1S/C16H15FO3/c1-10-4-5-12(9-15(10)20-3)16(18)11-6-7-14(19-2)13(17)8-11/h4-9H,1-3H3. The average Bonchev–Trinajstić information content (AvgIpc) is 2.47. The second kappa shape index (κ2) is 5.74. The largest absolute Gasteiger partial charge is 0.496 e. The van der Waals surface area contributed by atoms with Crippen LogP contribution in [-0.2, 0) is 0 Å². The number of carbonyl (C=O) groups is 1. The molecule has 0 spiro atoms. The molecule has 0 amide bonds. The first kappa shape index (κ1) is 14.1. The number of carbonyl (C=O) groups excluding carboxylic acids is 1. The molecule has 0 aliphatic carbocycles. The maximum Gasteiger partial charge on any atom is 0.193 e. The first-order valence-corrected chi connectivity index (χ1v) is 6.09. The summed E-state index contributed by atoms with van der Waals surface area (Å²) in [6, 6.07) is 9.30. The summed E-state index contributed by atoms with van der Waals surface area (Å²) >= 11 is 0. The molecular formula is C16H15FO3. The van der Waals surface area contributed by atoms with Gasteiger partial charge < -0.3 is 9.47 Å². The number of benzene rings is 2. The number of methoxy groups -OCH3 is 2. The Bertz CT molecular complexity index is 650. The minimum atomic E-state index is -0.558. The molecule has 0 bridgehead atoms. The van der Waals surface area contributed by atoms with Crippen molar-refractivity contribution in [3.05, 3.63) is 58.9 Å². The number of halogens is 1. The van der Waals surface area contributed by atoms with Gasteiger partial charge in [-0.1, -0.05) is 12.1 Å². The molecule has 2 aromatic rings. The van der Waals surface area contributed by atoms with Crippen molar-refractivity contribution in [3.63, 3.8) is 0 Å². The van der Waals surface area contributed by atoms with Crippen molar-refractivity contribution < 1.29 is 18.7 Å². The second-order valence-electron chi connectivity index (χ2n) is 4.36. The summed E-state index contributed by atoms with van der Waals surface area (Å²) in [5, 5.41) is 0. The fraction of sp³-hybridized carbons (Fsp3) is 0.188. The second-order valence-corrected chi connectivity index (χ2v) is 4.36. The van der Waals surface area contributed by atoms with Crippen molar-refractivity contribution >= 4 is 5.78 Å². The lowest BCUT2D eigenvalue weighted by atomic mass is 10.0. The van der Waals surface area contributed by atoms with E-state index < -0.39 is 5.82 Å². The monoisotopic (exact) mass is 274 g/mol. The predicted molar refractivity (Wildman–Crippen MR) is 74.1 cm³/mol. The van der Waals surface area contributed by atoms with Crippen LogP contribution in [0.1, 0.15) is 21.5 Å². The van der Waals surface area contributed by atoms with Crippen molar-refractivity contribution in [3.8, 4) is 11.5 Å². The van der Waals surface area contributed by atoms with Gasteiger partial charge in [0.1, 0.15) is 5.75 Å². The van der Waals surface area contributed by atoms with E-state index in [9.17, 15) is 9.18 Å². The molecule has 0 radical (unpaired) electrons. The summed E-state index contributed by atoms with van der Waals surface area (Å²) in [6.45, 7) is 1.89. The van der Waals surface area contributed by atoms with Crippen LogP contribution in [0, 0.1) is 12.7 Å². The van der Waals surface area contributed by atoms with Crippen LogP contribution in [0.15, 0.2) is 36.4 Å². The molecule has 0 heterocycles. The normalized spacial score (nSPS) is 10.2. The molecule has 0 saturated heterocycles. The predicted octanol–water partition coefficient (Wildman–Crippen LogP) is 3.38. The Hall–Kier alpha value is -2.36. The Morgan fingerprint density at radius 2 is 1.55 bits per heavy atom. The molecular weight excluding hydrogens is 259 g/mol. The van der Waals surface area contributed by atoms with Crippen molar-refractivity contribution in [1.82, 2.24) is 0 Å². The molecule has 104 valence electrons. The maximum absolute atomic E-state index is 13.6. The summed E-state index contributed by atoms with van der Waals surface area (Å²) in [4.78, 5) is 12.3. The van der Waals surface area contributed by atoms with Crippen molar-refractivity contribution in [1.29, 1.82) is 0 Å². The van der Waals surface area contributed by atoms with Gasteiger partial charge in [-0.05, 0) is 36.8 Å². The van der Waals surface area contributed by atoms with Crippen LogP contribution in [0.2, 0.25) is 0 Å². The molecule has 2 rings (SSSR count). The summed E-state index contributed by atoms with van der Waals surface area (Å²) in [7, 11) is 2.92. The molecule has 20 heavy (non-hydrogen) atoms. The molecule has 0 fully saturated rings. The van der Waals surface area contributed by atoms with Crippen LogP contribution in [0.3, 0.4) is 0 Å². The third-order valence-corrected chi connectivity index (χ3v) is 3.08. The fourth-order valence-electron chi connectivity index (χ4n) is 1.94. The van der Waals surface area contributed by atoms with Gasteiger partial charge in [-0.3, -0.25) is 4.79 Å². The highest BCUT2D eigenvalue weighted by Crippen LogP contribution is 2.23. The zero-order valence-electron chi connectivity index (χ0n) is 11.6. The molecule has 0 aliphatic rings. The van der Waals surface area contributed by atoms with Gasteiger partial charge >= 0.3 is 0 Å². The Balaban J connectivity index is 2.38. The van der Waals surface area contributed by atoms with Gasteiger partial charge in [-0.2, -0.15) is 0 Å². The maximum atomic E-state index is 13.6. The highest BCUT2D eigenvalue weighted by molar-refractivity contribution is 6.09. The van der Waals surface area contributed by atoms with E-state index in [2.05, 4.69) is 0 Å². The fourth-order valence-corrected chi connectivity index (χ4v) is 1.94. The van der Waals surface area contributed by atoms with Gasteiger partial charge in [-0.25, -0.2) is 4.39 Å². The first-order valence-electron chi connectivity index (χ1n) is 6.09. The van der Waals surface area contributed by atoms with Crippen molar-refractivity contribution in [2.24, 2.45) is 0 Å². The van der Waals surface area contributed by atoms with Crippen LogP contribution < -0.4 is 9.47 Å². The Kier molecular flexibility index (Phi) is 4.03. The summed E-state index contributed by atoms with van der Waals surface area (Å²) in [6.07, 6.45) is 0. The Morgan fingerprint density at radius 3 is 2.15 bits per heavy atom. The van der Waals surface area contributed by atoms with Crippen LogP contribution in [-0.4, -0.2) is 20.0 Å². The number of hydrogen-bond acceptors (Lipinski definition) is 3. The first-order chi connectivity index (χ1) is 9.56. The van der Waals surface area contributed by atoms with Gasteiger partial charge in [-0.15, -0.1) is 0 Å². The molecule has 3 nitrogen and oxygen atoms in total. The third-order valence-electron chi connectivity index (χ3n) is 3.08. The number of aryl methyl sites for hydroxylation is 1. The van der Waals surface area contributed by atoms with Gasteiger partial charge in [0.2, 0.25) is 0 Å². The summed E-state index contributed by atoms with van der Waals surface area (Å²) in [5.74, 6) is -0.0739. The summed E-state index contributed by atoms with van der Waals surface area (Å²) in [5.41, 5.74) is 1.66. The van der Waals surface area contributed by atoms with Crippen LogP contribution in [0.4, 0.5) is 4.39 Å². The molecule has 0 atom stereocenters. The average molecular weight is 274 g/mol. The topological polar surface area (TPSA) is 35.5 Å². The molecule has 0 unspecified atom stereocenters. The quantitative estimate of drug-likeness (QED) is 0.802. The van der Waals surface area contributed by atoms with Crippen molar-refractivity contribution in [2.75, 3.05) is 14.2 Å². The molecule has 2 aromatic carbocycles. The van der Waals surface area contributed by atoms with Crippen LogP contribution in [0.5, 0.6) is 11.5 Å². The number of ketones is 1. The van der Waals surface area contributed by atoms with Crippen LogP contribution in [0.25, 0.3) is 0 Å². The van der Waals surface area contributed by atoms with E-state index in [-0.39, 0.29) is 17.1 Å². The number of rotatable bonds is 4. The Labute approximate surface area is 117 Å². The van der Waals surface area contributed by atoms with E-state index in [0.29, 0.717) is 11.3 Å². The number of hydrogen-bond donors (Lipinski definition) is 0. The Morgan fingerprint density at radius 1 is 0.950 bits per heavy atom. The van der Waals surface area contributed by atoms with Crippen molar-refractivity contribution in [2.45, 2.75) is 6.92 Å². The van der Waals surface area contributed by atoms with Gasteiger partial charge in [0.05, 0.1) is 14.2 Å². The lowest BCUT2D eigenvalue weighted by molar-refractivity contribution is 0.103. The zero-order valence-corrected chi connectivity index (χ0v) is 11.6. The minimum absolute atomic E-state index is 0.114. The third kappa shape index (κ3) is 2.64. The van der Waals surface area contributed by atoms with E-state index >= 15 is 0 Å². The van der Waals surface area contributed by atoms with E-state index in [1.807, 2.05) is 6.92 Å². The molecule has 0 aromatic heterocycles. The summed E-state index contributed by atoms with van der Waals surface area (Å²) < 4.78 is 23.7. The van der Waals surface area contributed by atoms with Gasteiger partial charge in [0, 0.05) is 11.1 Å². The smallest absolute Gasteiger partial charge is 0.193 e. The molecule has 0 N–H and O–H groups in total. The highest BCUT2D eigenvalue weighted by atomic mass is 19.1. The SMILES string of the molecule is COc1cc(C(=O)c2ccc(OC)c(F)c2)ccc1C. The molecule has 0 aliphatic heterocycles. The lowest BCUT2D eigenvalue weighted by Crippen LogP contribution is -2.03. The van der Waals surface area contributed by atoms with Gasteiger partial charge in [0.15, 0.2) is 17.3 Å². The van der Waals surface area contributed by atoms with E-state index in [1.54, 1.807) is 25.3 Å². The zero-order chi connectivity index (χ0) is 14.7. The molecule has 4 heteroatoms. The number of ether oxygens (including phenoxy) is 2. The van der Waals surface area contributed by atoms with E-state index in [0.717, 1.165) is 5.56 Å². The van der Waals surface area contributed by atoms with E-state index in [1.165, 1.54) is 25.3 Å². The minimum Gasteiger partial charge on any atom is -0.496 e. The van der Waals surface area contributed by atoms with E-state index in [4.69, 9.17) is 9.47 Å². The van der Waals surface area contributed by atoms with Crippen LogP contribution >= 0.6 is 0 Å². The lowest BCUT2D eigenvalue weighted by Gasteiger charge is -2.08. The molecule has 0 saturated carbocycles. The van der Waals surface area contributed by atoms with Gasteiger partial charge in [0.25, 0.3) is 0 Å².